The summed E-state index contributed by atoms with van der Waals surface area (Å²) in [6.45, 7) is 3.78. The fraction of sp³-hybridized carbons (Fsp3) is 0.533. The minimum atomic E-state index is -3.60. The molecule has 0 saturated heterocycles. The van der Waals surface area contributed by atoms with Crippen molar-refractivity contribution >= 4 is 25.1 Å². The third-order valence-electron chi connectivity index (χ3n) is 9.41. The molecule has 0 heterocycles. The summed E-state index contributed by atoms with van der Waals surface area (Å²) < 4.78 is 28.4. The summed E-state index contributed by atoms with van der Waals surface area (Å²) in [5, 5.41) is 13.1. The van der Waals surface area contributed by atoms with Crippen LogP contribution in [0.1, 0.15) is 72.9 Å². The standard InChI is InChI=1S/C30H39N2O8P/c1-30-14-12-20-19-7-5-18(40-41(3,36)37)16-17(19)4-6-21(20)22(30)8-11-25(30)39-15-13-26(33)32-23-9-10-24(38-2)27(28(23)34)29(31)35/h5,7,9-10,16,20-22,25,34H,4,6,8,11-15H2,1-3H3,(H2,31,35)(H,32,33)(H,36,37). The molecule has 11 heteroatoms. The fourth-order valence-corrected chi connectivity index (χ4v) is 8.13. The number of aryl methyl sites for hydroxylation is 1. The lowest BCUT2D eigenvalue weighted by molar-refractivity contribution is -0.119. The average molecular weight is 587 g/mol. The number of nitrogens with two attached hydrogens (primary N) is 1. The van der Waals surface area contributed by atoms with E-state index < -0.39 is 19.3 Å². The number of nitrogens with one attached hydrogen (secondary N) is 1. The largest absolute Gasteiger partial charge is 0.505 e. The molecule has 3 aliphatic carbocycles. The van der Waals surface area contributed by atoms with Gasteiger partial charge in [0.1, 0.15) is 17.1 Å². The van der Waals surface area contributed by atoms with Gasteiger partial charge in [0, 0.05) is 6.66 Å². The maximum absolute atomic E-state index is 12.7. The summed E-state index contributed by atoms with van der Waals surface area (Å²) >= 11 is 0. The zero-order chi connectivity index (χ0) is 29.5. The van der Waals surface area contributed by atoms with Gasteiger partial charge in [-0.3, -0.25) is 9.59 Å². The van der Waals surface area contributed by atoms with E-state index >= 15 is 0 Å². The van der Waals surface area contributed by atoms with Gasteiger partial charge in [-0.05, 0) is 97.1 Å². The number of aromatic hydroxyl groups is 1. The van der Waals surface area contributed by atoms with Crippen molar-refractivity contribution in [1.82, 2.24) is 0 Å². The molecular formula is C30H39N2O8P. The predicted octanol–water partition coefficient (Wildman–Crippen LogP) is 4.96. The molecule has 0 radical (unpaired) electrons. The van der Waals surface area contributed by atoms with E-state index in [-0.39, 0.29) is 47.5 Å². The Labute approximate surface area is 240 Å². The summed E-state index contributed by atoms with van der Waals surface area (Å²) in [7, 11) is -2.24. The average Bonchev–Trinajstić information content (AvgIpc) is 3.24. The molecule has 5 N–H and O–H groups in total. The van der Waals surface area contributed by atoms with Gasteiger partial charge in [0.2, 0.25) is 5.91 Å². The number of hydrogen-bond acceptors (Lipinski definition) is 7. The number of anilines is 1. The topological polar surface area (TPSA) is 157 Å². The first-order valence-corrected chi connectivity index (χ1v) is 16.2. The van der Waals surface area contributed by atoms with E-state index in [0.29, 0.717) is 23.5 Å². The van der Waals surface area contributed by atoms with Crippen molar-refractivity contribution in [2.75, 3.05) is 25.7 Å². The molecule has 0 aliphatic heterocycles. The molecule has 2 aromatic carbocycles. The van der Waals surface area contributed by atoms with Gasteiger partial charge < -0.3 is 35.0 Å². The van der Waals surface area contributed by atoms with E-state index in [1.807, 2.05) is 12.1 Å². The summed E-state index contributed by atoms with van der Waals surface area (Å²) in [6, 6.07) is 8.75. The molecule has 10 nitrogen and oxygen atoms in total. The third-order valence-corrected chi connectivity index (χ3v) is 9.96. The normalized spacial score (nSPS) is 28.0. The summed E-state index contributed by atoms with van der Waals surface area (Å²) in [5.41, 5.74) is 7.85. The van der Waals surface area contributed by atoms with E-state index in [0.717, 1.165) is 38.5 Å². The molecule has 222 valence electrons. The number of methoxy groups -OCH3 is 1. The van der Waals surface area contributed by atoms with Crippen molar-refractivity contribution in [3.05, 3.63) is 47.0 Å². The van der Waals surface area contributed by atoms with Gasteiger partial charge in [-0.25, -0.2) is 4.57 Å². The van der Waals surface area contributed by atoms with Crippen LogP contribution in [0, 0.1) is 17.3 Å². The van der Waals surface area contributed by atoms with Crippen LogP contribution < -0.4 is 20.3 Å². The zero-order valence-corrected chi connectivity index (χ0v) is 24.6. The Hall–Kier alpha value is -3.07. The third kappa shape index (κ3) is 5.83. The summed E-state index contributed by atoms with van der Waals surface area (Å²) in [5.74, 6) is 0.504. The van der Waals surface area contributed by atoms with Crippen molar-refractivity contribution in [1.29, 1.82) is 0 Å². The molecule has 3 aliphatic rings. The highest BCUT2D eigenvalue weighted by Gasteiger charge is 2.55. The number of carbonyl (C=O) groups is 2. The van der Waals surface area contributed by atoms with Crippen LogP contribution in [0.15, 0.2) is 30.3 Å². The number of ether oxygens (including phenoxy) is 2. The van der Waals surface area contributed by atoms with Crippen molar-refractivity contribution in [3.63, 3.8) is 0 Å². The number of carbonyl (C=O) groups excluding carboxylic acids is 2. The first kappa shape index (κ1) is 29.4. The highest BCUT2D eigenvalue weighted by molar-refractivity contribution is 7.52. The molecule has 0 bridgehead atoms. The molecule has 2 aromatic rings. The van der Waals surface area contributed by atoms with Crippen LogP contribution in [0.25, 0.3) is 0 Å². The predicted molar refractivity (Wildman–Crippen MR) is 154 cm³/mol. The molecule has 2 saturated carbocycles. The first-order valence-electron chi connectivity index (χ1n) is 14.1. The van der Waals surface area contributed by atoms with Crippen molar-refractivity contribution in [2.45, 2.75) is 63.9 Å². The summed E-state index contributed by atoms with van der Waals surface area (Å²) in [4.78, 5) is 34.0. The molecule has 2 fully saturated rings. The van der Waals surface area contributed by atoms with E-state index in [1.165, 1.54) is 37.0 Å². The molecule has 6 unspecified atom stereocenters. The van der Waals surface area contributed by atoms with Gasteiger partial charge in [-0.15, -0.1) is 0 Å². The van der Waals surface area contributed by atoms with Crippen molar-refractivity contribution < 1.29 is 38.2 Å². The second-order valence-corrected chi connectivity index (χ2v) is 13.6. The highest BCUT2D eigenvalue weighted by atomic mass is 31.2. The maximum Gasteiger partial charge on any atom is 0.373 e. The van der Waals surface area contributed by atoms with E-state index in [2.05, 4.69) is 18.3 Å². The Balaban J connectivity index is 1.19. The number of fused-ring (bicyclic) bond motifs is 5. The lowest BCUT2D eigenvalue weighted by Gasteiger charge is -2.50. The van der Waals surface area contributed by atoms with Gasteiger partial charge >= 0.3 is 7.60 Å². The fourth-order valence-electron chi connectivity index (χ4n) is 7.63. The smallest absolute Gasteiger partial charge is 0.373 e. The molecular weight excluding hydrogens is 547 g/mol. The molecule has 41 heavy (non-hydrogen) atoms. The Morgan fingerprint density at radius 2 is 1.95 bits per heavy atom. The monoisotopic (exact) mass is 586 g/mol. The van der Waals surface area contributed by atoms with Gasteiger partial charge in [0.05, 0.1) is 31.9 Å². The van der Waals surface area contributed by atoms with E-state index in [1.54, 1.807) is 0 Å². The minimum absolute atomic E-state index is 0.0363. The molecule has 0 aromatic heterocycles. The SMILES string of the molecule is COc1ccc(NC(=O)CCOC2CCC3C4CCc5cc(OP(C)(=O)O)ccc5C4CCC23C)c(O)c1C(N)=O. The van der Waals surface area contributed by atoms with Crippen LogP contribution in [-0.4, -0.2) is 48.3 Å². The molecule has 5 rings (SSSR count). The molecule has 2 amide bonds. The van der Waals surface area contributed by atoms with Gasteiger partial charge in [0.25, 0.3) is 5.91 Å². The number of phenols is 1. The van der Waals surface area contributed by atoms with Gasteiger partial charge in [0.15, 0.2) is 5.75 Å². The zero-order valence-electron chi connectivity index (χ0n) is 23.7. The number of primary amides is 1. The van der Waals surface area contributed by atoms with Crippen molar-refractivity contribution in [2.24, 2.45) is 23.0 Å². The van der Waals surface area contributed by atoms with Gasteiger partial charge in [-0.2, -0.15) is 0 Å². The number of benzene rings is 2. The van der Waals surface area contributed by atoms with Crippen LogP contribution in [0.2, 0.25) is 0 Å². The number of hydrogen-bond donors (Lipinski definition) is 4. The lowest BCUT2D eigenvalue weighted by atomic mass is 9.55. The van der Waals surface area contributed by atoms with Crippen LogP contribution >= 0.6 is 7.60 Å². The highest BCUT2D eigenvalue weighted by Crippen LogP contribution is 2.61. The lowest BCUT2D eigenvalue weighted by Crippen LogP contribution is -2.44. The van der Waals surface area contributed by atoms with Gasteiger partial charge in [-0.1, -0.05) is 13.0 Å². The quantitative estimate of drug-likeness (QED) is 0.237. The second kappa shape index (κ2) is 11.3. The second-order valence-electron chi connectivity index (χ2n) is 11.9. The van der Waals surface area contributed by atoms with Crippen LogP contribution in [-0.2, 0) is 20.5 Å². The molecule has 0 spiro atoms. The van der Waals surface area contributed by atoms with Crippen LogP contribution in [0.4, 0.5) is 5.69 Å². The van der Waals surface area contributed by atoms with Crippen LogP contribution in [0.5, 0.6) is 17.2 Å². The molecule has 6 atom stereocenters. The Bertz CT molecular complexity index is 1390. The Kier molecular flexibility index (Phi) is 8.12. The minimum Gasteiger partial charge on any atom is -0.505 e. The first-order chi connectivity index (χ1) is 19.4. The number of rotatable bonds is 9. The Morgan fingerprint density at radius 3 is 2.66 bits per heavy atom. The maximum atomic E-state index is 12.7. The Morgan fingerprint density at radius 1 is 1.17 bits per heavy atom. The summed E-state index contributed by atoms with van der Waals surface area (Å²) in [6.07, 6.45) is 6.29. The van der Waals surface area contributed by atoms with Crippen LogP contribution in [0.3, 0.4) is 0 Å². The van der Waals surface area contributed by atoms with E-state index in [9.17, 15) is 24.2 Å². The number of amides is 2. The van der Waals surface area contributed by atoms with E-state index in [4.69, 9.17) is 19.7 Å². The van der Waals surface area contributed by atoms with Crippen molar-refractivity contribution in [3.8, 4) is 17.2 Å².